The molecule has 0 spiro atoms. The topological polar surface area (TPSA) is 49.9 Å². The van der Waals surface area contributed by atoms with Gasteiger partial charge in [-0.05, 0) is 25.5 Å². The van der Waals surface area contributed by atoms with Crippen molar-refractivity contribution in [3.63, 3.8) is 0 Å². The van der Waals surface area contributed by atoms with Crippen molar-refractivity contribution in [2.45, 2.75) is 20.3 Å². The quantitative estimate of drug-likeness (QED) is 0.837. The zero-order chi connectivity index (χ0) is 13.1. The van der Waals surface area contributed by atoms with Crippen LogP contribution in [0.15, 0.2) is 36.4 Å². The number of ketones is 2. The van der Waals surface area contributed by atoms with Crippen LogP contribution in [-0.4, -0.2) is 16.6 Å². The zero-order valence-corrected chi connectivity index (χ0v) is 10.5. The van der Waals surface area contributed by atoms with E-state index in [4.69, 9.17) is 0 Å². The van der Waals surface area contributed by atoms with Crippen molar-refractivity contribution in [3.05, 3.63) is 58.9 Å². The van der Waals surface area contributed by atoms with Gasteiger partial charge in [-0.25, -0.2) is 0 Å². The van der Waals surface area contributed by atoms with Gasteiger partial charge >= 0.3 is 0 Å². The lowest BCUT2D eigenvalue weighted by molar-refractivity contribution is 0.0988. The summed E-state index contributed by atoms with van der Waals surface area (Å²) in [4.78, 5) is 26.4. The Labute approximate surface area is 106 Å². The first kappa shape index (κ1) is 12.3. The summed E-state index contributed by atoms with van der Waals surface area (Å²) >= 11 is 0. The van der Waals surface area contributed by atoms with Gasteiger partial charge in [0, 0.05) is 17.7 Å². The standard InChI is InChI=1S/C15H15NO2/c1-10-13(11(2)17)9-14(16-10)15(18)8-12-6-4-3-5-7-12/h3-7,9,16H,8H2,1-2H3. The van der Waals surface area contributed by atoms with Crippen molar-refractivity contribution < 1.29 is 9.59 Å². The molecular weight excluding hydrogens is 226 g/mol. The molecule has 18 heavy (non-hydrogen) atoms. The van der Waals surface area contributed by atoms with E-state index in [2.05, 4.69) is 4.98 Å². The minimum absolute atomic E-state index is 0.00296. The maximum absolute atomic E-state index is 12.1. The molecule has 1 heterocycles. The largest absolute Gasteiger partial charge is 0.356 e. The second-order valence-electron chi connectivity index (χ2n) is 4.36. The average molecular weight is 241 g/mol. The second kappa shape index (κ2) is 5.00. The molecule has 0 atom stereocenters. The summed E-state index contributed by atoms with van der Waals surface area (Å²) in [6.45, 7) is 3.30. The molecule has 3 nitrogen and oxygen atoms in total. The summed E-state index contributed by atoms with van der Waals surface area (Å²) in [6, 6.07) is 11.2. The molecule has 0 saturated heterocycles. The molecule has 1 N–H and O–H groups in total. The van der Waals surface area contributed by atoms with Crippen molar-refractivity contribution in [3.8, 4) is 0 Å². The molecule has 92 valence electrons. The Morgan fingerprint density at radius 2 is 1.83 bits per heavy atom. The minimum atomic E-state index is -0.0255. The van der Waals surface area contributed by atoms with Gasteiger partial charge in [-0.1, -0.05) is 30.3 Å². The molecule has 0 aliphatic carbocycles. The Hall–Kier alpha value is -2.16. The maximum Gasteiger partial charge on any atom is 0.183 e. The molecule has 0 fully saturated rings. The molecule has 0 aliphatic rings. The fourth-order valence-corrected chi connectivity index (χ4v) is 1.95. The number of carbonyl (C=O) groups is 2. The summed E-state index contributed by atoms with van der Waals surface area (Å²) in [6.07, 6.45) is 0.345. The lowest BCUT2D eigenvalue weighted by Gasteiger charge is -1.98. The van der Waals surface area contributed by atoms with Crippen LogP contribution >= 0.6 is 0 Å². The van der Waals surface area contributed by atoms with Crippen LogP contribution in [0.2, 0.25) is 0 Å². The van der Waals surface area contributed by atoms with E-state index in [0.29, 0.717) is 17.7 Å². The highest BCUT2D eigenvalue weighted by Gasteiger charge is 2.14. The van der Waals surface area contributed by atoms with Gasteiger partial charge < -0.3 is 4.98 Å². The number of rotatable bonds is 4. The second-order valence-corrected chi connectivity index (χ2v) is 4.36. The van der Waals surface area contributed by atoms with Crippen LogP contribution < -0.4 is 0 Å². The highest BCUT2D eigenvalue weighted by atomic mass is 16.1. The first-order valence-electron chi connectivity index (χ1n) is 5.85. The number of H-pyrrole nitrogens is 1. The van der Waals surface area contributed by atoms with E-state index in [1.807, 2.05) is 30.3 Å². The van der Waals surface area contributed by atoms with Gasteiger partial charge in [0.2, 0.25) is 0 Å². The average Bonchev–Trinajstić information content (AvgIpc) is 2.73. The van der Waals surface area contributed by atoms with Crippen LogP contribution in [0.25, 0.3) is 0 Å². The first-order valence-corrected chi connectivity index (χ1v) is 5.85. The van der Waals surface area contributed by atoms with Crippen LogP contribution in [-0.2, 0) is 6.42 Å². The number of Topliss-reactive ketones (excluding diaryl/α,β-unsaturated/α-hetero) is 2. The van der Waals surface area contributed by atoms with E-state index in [0.717, 1.165) is 11.3 Å². The molecule has 1 aromatic carbocycles. The predicted molar refractivity (Wildman–Crippen MR) is 70.0 cm³/mol. The zero-order valence-electron chi connectivity index (χ0n) is 10.5. The van der Waals surface area contributed by atoms with Crippen LogP contribution in [0.3, 0.4) is 0 Å². The van der Waals surface area contributed by atoms with Gasteiger partial charge in [0.25, 0.3) is 0 Å². The van der Waals surface area contributed by atoms with E-state index in [1.54, 1.807) is 13.0 Å². The van der Waals surface area contributed by atoms with E-state index < -0.39 is 0 Å². The van der Waals surface area contributed by atoms with Gasteiger partial charge in [-0.15, -0.1) is 0 Å². The fraction of sp³-hybridized carbons (Fsp3) is 0.200. The molecule has 0 unspecified atom stereocenters. The Morgan fingerprint density at radius 3 is 2.39 bits per heavy atom. The maximum atomic E-state index is 12.1. The van der Waals surface area contributed by atoms with Gasteiger partial charge in [-0.2, -0.15) is 0 Å². The van der Waals surface area contributed by atoms with E-state index in [-0.39, 0.29) is 11.6 Å². The summed E-state index contributed by atoms with van der Waals surface area (Å²) in [7, 11) is 0. The molecule has 2 rings (SSSR count). The van der Waals surface area contributed by atoms with E-state index in [9.17, 15) is 9.59 Å². The first-order chi connectivity index (χ1) is 8.58. The van der Waals surface area contributed by atoms with Crippen LogP contribution in [0.4, 0.5) is 0 Å². The van der Waals surface area contributed by atoms with Gasteiger partial charge in [-0.3, -0.25) is 9.59 Å². The Morgan fingerprint density at radius 1 is 1.17 bits per heavy atom. The Kier molecular flexibility index (Phi) is 3.42. The Bertz CT molecular complexity index is 582. The smallest absolute Gasteiger partial charge is 0.183 e. The monoisotopic (exact) mass is 241 g/mol. The van der Waals surface area contributed by atoms with Crippen molar-refractivity contribution in [2.24, 2.45) is 0 Å². The molecule has 0 bridgehead atoms. The van der Waals surface area contributed by atoms with Crippen LogP contribution in [0.1, 0.15) is 39.0 Å². The molecule has 0 saturated carbocycles. The number of hydrogen-bond donors (Lipinski definition) is 1. The summed E-state index contributed by atoms with van der Waals surface area (Å²) in [5.41, 5.74) is 2.81. The van der Waals surface area contributed by atoms with Crippen molar-refractivity contribution in [1.82, 2.24) is 4.98 Å². The number of benzene rings is 1. The molecule has 0 aliphatic heterocycles. The molecular formula is C15H15NO2. The number of hydrogen-bond acceptors (Lipinski definition) is 2. The molecule has 2 aromatic rings. The fourth-order valence-electron chi connectivity index (χ4n) is 1.95. The third-order valence-corrected chi connectivity index (χ3v) is 2.90. The predicted octanol–water partition coefficient (Wildman–Crippen LogP) is 2.95. The summed E-state index contributed by atoms with van der Waals surface area (Å²) < 4.78 is 0. The molecule has 0 radical (unpaired) electrons. The van der Waals surface area contributed by atoms with Crippen LogP contribution in [0, 0.1) is 6.92 Å². The highest BCUT2D eigenvalue weighted by Crippen LogP contribution is 2.13. The molecule has 3 heteroatoms. The summed E-state index contributed by atoms with van der Waals surface area (Å²) in [5.74, 6) is -0.0284. The normalized spacial score (nSPS) is 10.3. The van der Waals surface area contributed by atoms with E-state index in [1.165, 1.54) is 6.92 Å². The lowest BCUT2D eigenvalue weighted by Crippen LogP contribution is -2.03. The SMILES string of the molecule is CC(=O)c1cc(C(=O)Cc2ccccc2)[nH]c1C. The van der Waals surface area contributed by atoms with Crippen molar-refractivity contribution in [1.29, 1.82) is 0 Å². The number of aromatic amines is 1. The van der Waals surface area contributed by atoms with E-state index >= 15 is 0 Å². The molecule has 1 aromatic heterocycles. The summed E-state index contributed by atoms with van der Waals surface area (Å²) in [5, 5.41) is 0. The van der Waals surface area contributed by atoms with Crippen LogP contribution in [0.5, 0.6) is 0 Å². The van der Waals surface area contributed by atoms with Crippen molar-refractivity contribution >= 4 is 11.6 Å². The number of nitrogens with one attached hydrogen (secondary N) is 1. The minimum Gasteiger partial charge on any atom is -0.356 e. The number of carbonyl (C=O) groups excluding carboxylic acids is 2. The van der Waals surface area contributed by atoms with Gasteiger partial charge in [0.1, 0.15) is 0 Å². The Balaban J connectivity index is 2.20. The van der Waals surface area contributed by atoms with Gasteiger partial charge in [0.05, 0.1) is 5.69 Å². The third kappa shape index (κ3) is 2.56. The lowest BCUT2D eigenvalue weighted by atomic mass is 10.1. The van der Waals surface area contributed by atoms with Gasteiger partial charge in [0.15, 0.2) is 11.6 Å². The third-order valence-electron chi connectivity index (χ3n) is 2.90. The van der Waals surface area contributed by atoms with Crippen molar-refractivity contribution in [2.75, 3.05) is 0 Å². The number of aryl methyl sites for hydroxylation is 1. The number of aromatic nitrogens is 1. The molecule has 0 amide bonds. The highest BCUT2D eigenvalue weighted by molar-refractivity contribution is 6.01.